The lowest BCUT2D eigenvalue weighted by Gasteiger charge is -2.30. The Morgan fingerprint density at radius 1 is 1.06 bits per heavy atom. The lowest BCUT2D eigenvalue weighted by molar-refractivity contribution is -0.141. The van der Waals surface area contributed by atoms with Crippen LogP contribution in [-0.2, 0) is 6.18 Å². The average Bonchev–Trinajstić information content (AvgIpc) is 3.29. The fourth-order valence-corrected chi connectivity index (χ4v) is 3.98. The van der Waals surface area contributed by atoms with Gasteiger partial charge in [-0.3, -0.25) is 4.79 Å². The number of amides is 1. The molecule has 2 heterocycles. The molecule has 6 nitrogen and oxygen atoms in total. The summed E-state index contributed by atoms with van der Waals surface area (Å²) >= 11 is 0. The topological polar surface area (TPSA) is 71.8 Å². The molecule has 0 bridgehead atoms. The van der Waals surface area contributed by atoms with E-state index in [1.54, 1.807) is 37.6 Å². The van der Waals surface area contributed by atoms with Crippen LogP contribution in [0.3, 0.4) is 0 Å². The van der Waals surface area contributed by atoms with Gasteiger partial charge in [-0.2, -0.15) is 13.2 Å². The minimum atomic E-state index is -4.47. The molecule has 3 aromatic rings. The molecule has 4 rings (SSSR count). The molecule has 0 aliphatic heterocycles. The van der Waals surface area contributed by atoms with Crippen molar-refractivity contribution in [2.24, 2.45) is 0 Å². The van der Waals surface area contributed by atoms with Gasteiger partial charge in [0.05, 0.1) is 6.33 Å². The highest BCUT2D eigenvalue weighted by Gasteiger charge is 2.33. The number of hydrogen-bond acceptors (Lipinski definition) is 4. The summed E-state index contributed by atoms with van der Waals surface area (Å²) in [4.78, 5) is 20.2. The highest BCUT2D eigenvalue weighted by Crippen LogP contribution is 2.31. The third-order valence-corrected chi connectivity index (χ3v) is 5.61. The zero-order chi connectivity index (χ0) is 22.7. The lowest BCUT2D eigenvalue weighted by atomic mass is 9.90. The van der Waals surface area contributed by atoms with Crippen molar-refractivity contribution < 1.29 is 18.0 Å². The molecule has 1 aromatic carbocycles. The summed E-state index contributed by atoms with van der Waals surface area (Å²) in [6, 6.07) is 10.1. The number of aromatic nitrogens is 3. The number of imidazole rings is 1. The minimum absolute atomic E-state index is 0.0405. The fraction of sp³-hybridized carbons (Fsp3) is 0.348. The van der Waals surface area contributed by atoms with Crippen LogP contribution >= 0.6 is 0 Å². The Morgan fingerprint density at radius 3 is 2.38 bits per heavy atom. The molecular weight excluding hydrogens is 419 g/mol. The van der Waals surface area contributed by atoms with E-state index in [2.05, 4.69) is 20.6 Å². The van der Waals surface area contributed by atoms with Gasteiger partial charge in [-0.1, -0.05) is 0 Å². The van der Waals surface area contributed by atoms with E-state index >= 15 is 0 Å². The smallest absolute Gasteiger partial charge is 0.382 e. The number of halogens is 3. The fourth-order valence-electron chi connectivity index (χ4n) is 3.98. The van der Waals surface area contributed by atoms with Gasteiger partial charge in [0.1, 0.15) is 5.69 Å². The van der Waals surface area contributed by atoms with Crippen LogP contribution in [0.25, 0.3) is 5.69 Å². The number of carbonyl (C=O) groups is 1. The highest BCUT2D eigenvalue weighted by molar-refractivity contribution is 5.94. The maximum atomic E-state index is 13.0. The molecule has 2 aromatic heterocycles. The predicted octanol–water partition coefficient (Wildman–Crippen LogP) is 4.75. The number of carbonyl (C=O) groups excluding carboxylic acids is 1. The van der Waals surface area contributed by atoms with Crippen molar-refractivity contribution in [3.63, 3.8) is 0 Å². The number of pyridine rings is 1. The molecule has 1 aliphatic rings. The molecule has 32 heavy (non-hydrogen) atoms. The Morgan fingerprint density at radius 2 is 1.75 bits per heavy atom. The van der Waals surface area contributed by atoms with Crippen molar-refractivity contribution >= 4 is 11.6 Å². The number of rotatable bonds is 5. The molecule has 168 valence electrons. The van der Waals surface area contributed by atoms with Crippen LogP contribution < -0.4 is 10.6 Å². The first-order valence-electron chi connectivity index (χ1n) is 10.5. The Kier molecular flexibility index (Phi) is 6.16. The van der Waals surface area contributed by atoms with Crippen molar-refractivity contribution in [1.82, 2.24) is 19.9 Å². The molecule has 1 aliphatic carbocycles. The van der Waals surface area contributed by atoms with Crippen LogP contribution in [0.1, 0.15) is 47.4 Å². The van der Waals surface area contributed by atoms with E-state index < -0.39 is 11.9 Å². The van der Waals surface area contributed by atoms with Gasteiger partial charge < -0.3 is 15.2 Å². The van der Waals surface area contributed by atoms with E-state index in [9.17, 15) is 18.0 Å². The Balaban J connectivity index is 1.29. The first kappa shape index (κ1) is 21.9. The number of benzene rings is 1. The summed E-state index contributed by atoms with van der Waals surface area (Å²) in [7, 11) is 0. The number of aryl methyl sites for hydroxylation is 1. The van der Waals surface area contributed by atoms with E-state index in [1.807, 2.05) is 22.9 Å². The summed E-state index contributed by atoms with van der Waals surface area (Å²) < 4.78 is 40.9. The van der Waals surface area contributed by atoms with Gasteiger partial charge in [0.2, 0.25) is 0 Å². The second kappa shape index (κ2) is 9.02. The second-order valence-corrected chi connectivity index (χ2v) is 8.06. The standard InChI is InChI=1S/C23H24F3N5O/c1-15-12-19(13-21(28-15)23(24,25)26)29-17-4-6-18(7-5-17)30-22(32)16-2-8-20(9-3-16)31-11-10-27-14-31/h2-3,8-14,17-18H,4-7H2,1H3,(H,28,29)(H,30,32)/t17-,18+. The Hall–Kier alpha value is -3.36. The van der Waals surface area contributed by atoms with Crippen molar-refractivity contribution in [3.8, 4) is 5.69 Å². The molecule has 0 saturated heterocycles. The zero-order valence-corrected chi connectivity index (χ0v) is 17.6. The number of nitrogens with zero attached hydrogens (tertiary/aromatic N) is 3. The van der Waals surface area contributed by atoms with Gasteiger partial charge in [0.15, 0.2) is 0 Å². The minimum Gasteiger partial charge on any atom is -0.382 e. The maximum absolute atomic E-state index is 13.0. The Labute approximate surface area is 183 Å². The molecule has 1 saturated carbocycles. The predicted molar refractivity (Wildman–Crippen MR) is 115 cm³/mol. The Bertz CT molecular complexity index is 1060. The van der Waals surface area contributed by atoms with E-state index in [1.165, 1.54) is 0 Å². The quantitative estimate of drug-likeness (QED) is 0.597. The number of nitrogens with one attached hydrogen (secondary N) is 2. The molecule has 0 atom stereocenters. The van der Waals surface area contributed by atoms with Crippen molar-refractivity contribution in [2.45, 2.75) is 50.9 Å². The lowest BCUT2D eigenvalue weighted by Crippen LogP contribution is -2.40. The molecule has 0 unspecified atom stereocenters. The van der Waals surface area contributed by atoms with Crippen LogP contribution in [0.2, 0.25) is 0 Å². The summed E-state index contributed by atoms with van der Waals surface area (Å²) in [6.45, 7) is 1.55. The third kappa shape index (κ3) is 5.27. The van der Waals surface area contributed by atoms with Crippen LogP contribution in [0.5, 0.6) is 0 Å². The largest absolute Gasteiger partial charge is 0.433 e. The van der Waals surface area contributed by atoms with Crippen molar-refractivity contribution in [1.29, 1.82) is 0 Å². The van der Waals surface area contributed by atoms with E-state index in [0.717, 1.165) is 37.4 Å². The van der Waals surface area contributed by atoms with Crippen LogP contribution in [0, 0.1) is 6.92 Å². The van der Waals surface area contributed by atoms with Gasteiger partial charge in [-0.25, -0.2) is 9.97 Å². The van der Waals surface area contributed by atoms with E-state index in [0.29, 0.717) is 16.9 Å². The van der Waals surface area contributed by atoms with Crippen LogP contribution in [0.4, 0.5) is 18.9 Å². The van der Waals surface area contributed by atoms with Gasteiger partial charge in [-0.05, 0) is 69.0 Å². The first-order chi connectivity index (χ1) is 15.3. The number of hydrogen-bond donors (Lipinski definition) is 2. The van der Waals surface area contributed by atoms with Crippen LogP contribution in [0.15, 0.2) is 55.1 Å². The molecule has 2 N–H and O–H groups in total. The highest BCUT2D eigenvalue weighted by atomic mass is 19.4. The number of alkyl halides is 3. The SMILES string of the molecule is Cc1cc(N[C@H]2CC[C@@H](NC(=O)c3ccc(-n4ccnc4)cc3)CC2)cc(C(F)(F)F)n1. The normalized spacial score (nSPS) is 18.9. The van der Waals surface area contributed by atoms with Crippen molar-refractivity contribution in [3.05, 3.63) is 72.1 Å². The molecule has 1 fully saturated rings. The van der Waals surface area contributed by atoms with Crippen molar-refractivity contribution in [2.75, 3.05) is 5.32 Å². The molecule has 0 radical (unpaired) electrons. The third-order valence-electron chi connectivity index (χ3n) is 5.61. The van der Waals surface area contributed by atoms with Gasteiger partial charge in [0.25, 0.3) is 5.91 Å². The molecule has 9 heteroatoms. The van der Waals surface area contributed by atoms with Gasteiger partial charge in [0, 0.05) is 47.1 Å². The maximum Gasteiger partial charge on any atom is 0.433 e. The summed E-state index contributed by atoms with van der Waals surface area (Å²) in [5.41, 5.74) is 1.37. The molecule has 1 amide bonds. The second-order valence-electron chi connectivity index (χ2n) is 8.06. The van der Waals surface area contributed by atoms with Gasteiger partial charge in [-0.15, -0.1) is 0 Å². The van der Waals surface area contributed by atoms with E-state index in [4.69, 9.17) is 0 Å². The monoisotopic (exact) mass is 443 g/mol. The number of anilines is 1. The molecule has 0 spiro atoms. The summed E-state index contributed by atoms with van der Waals surface area (Å²) in [5.74, 6) is -0.127. The first-order valence-corrected chi connectivity index (χ1v) is 10.5. The van der Waals surface area contributed by atoms with Gasteiger partial charge >= 0.3 is 6.18 Å². The van der Waals surface area contributed by atoms with Crippen LogP contribution in [-0.4, -0.2) is 32.5 Å². The summed E-state index contributed by atoms with van der Waals surface area (Å²) in [5, 5.41) is 6.27. The van der Waals surface area contributed by atoms with E-state index in [-0.39, 0.29) is 18.0 Å². The summed E-state index contributed by atoms with van der Waals surface area (Å²) in [6.07, 6.45) is 3.77. The molecular formula is C23H24F3N5O. The average molecular weight is 443 g/mol. The zero-order valence-electron chi connectivity index (χ0n) is 17.6.